The van der Waals surface area contributed by atoms with Crippen molar-refractivity contribution in [1.82, 2.24) is 19.7 Å². The van der Waals surface area contributed by atoms with Gasteiger partial charge in [0.2, 0.25) is 0 Å². The van der Waals surface area contributed by atoms with E-state index < -0.39 is 25.0 Å². The summed E-state index contributed by atoms with van der Waals surface area (Å²) in [5, 5.41) is 5.15. The maximum Gasteiger partial charge on any atom is 0.390 e. The lowest BCUT2D eigenvalue weighted by Crippen LogP contribution is -2.31. The van der Waals surface area contributed by atoms with E-state index in [2.05, 4.69) is 5.10 Å². The van der Waals surface area contributed by atoms with Crippen LogP contribution in [0.2, 0.25) is 0 Å². The Morgan fingerprint density at radius 3 is 2.33 bits per heavy atom. The molecule has 0 radical (unpaired) electrons. The van der Waals surface area contributed by atoms with Gasteiger partial charge in [0.25, 0.3) is 5.91 Å². The van der Waals surface area contributed by atoms with Crippen LogP contribution in [0.15, 0.2) is 6.07 Å². The van der Waals surface area contributed by atoms with Crippen LogP contribution in [0.5, 0.6) is 0 Å². The van der Waals surface area contributed by atoms with Gasteiger partial charge in [0.15, 0.2) is 5.65 Å². The van der Waals surface area contributed by atoms with Crippen molar-refractivity contribution in [1.29, 1.82) is 0 Å². The second-order valence-electron chi connectivity index (χ2n) is 8.21. The molecule has 5 nitrogen and oxygen atoms in total. The summed E-state index contributed by atoms with van der Waals surface area (Å²) < 4.78 is 39.4. The first-order valence-corrected chi connectivity index (χ1v) is 8.95. The summed E-state index contributed by atoms with van der Waals surface area (Å²) in [7, 11) is 1.39. The van der Waals surface area contributed by atoms with Crippen molar-refractivity contribution in [2.24, 2.45) is 0 Å². The van der Waals surface area contributed by atoms with Gasteiger partial charge in [0.1, 0.15) is 0 Å². The highest BCUT2D eigenvalue weighted by Crippen LogP contribution is 2.30. The van der Waals surface area contributed by atoms with E-state index in [1.807, 2.05) is 34.6 Å². The lowest BCUT2D eigenvalue weighted by Gasteiger charge is -2.22. The van der Waals surface area contributed by atoms with Crippen LogP contribution in [0.3, 0.4) is 0 Å². The second kappa shape index (κ2) is 7.13. The molecule has 0 aliphatic heterocycles. The van der Waals surface area contributed by atoms with Crippen LogP contribution in [0.25, 0.3) is 11.0 Å². The Labute approximate surface area is 157 Å². The van der Waals surface area contributed by atoms with E-state index in [1.54, 1.807) is 17.7 Å². The lowest BCUT2D eigenvalue weighted by molar-refractivity contribution is -0.136. The largest absolute Gasteiger partial charge is 0.390 e. The Morgan fingerprint density at radius 1 is 1.26 bits per heavy atom. The number of aromatic nitrogens is 3. The van der Waals surface area contributed by atoms with Gasteiger partial charge in [-0.3, -0.25) is 4.79 Å². The molecule has 0 N–H and O–H groups in total. The topological polar surface area (TPSA) is 51.0 Å². The normalized spacial score (nSPS) is 12.9. The number of hydrogen-bond donors (Lipinski definition) is 0. The molecule has 2 heterocycles. The molecule has 0 unspecified atom stereocenters. The van der Waals surface area contributed by atoms with E-state index >= 15 is 0 Å². The fourth-order valence-corrected chi connectivity index (χ4v) is 2.84. The van der Waals surface area contributed by atoms with Gasteiger partial charge < -0.3 is 4.90 Å². The summed E-state index contributed by atoms with van der Waals surface area (Å²) in [5.74, 6) is -0.393. The maximum atomic E-state index is 13.0. The monoisotopic (exact) mass is 384 g/mol. The van der Waals surface area contributed by atoms with Gasteiger partial charge >= 0.3 is 6.18 Å². The number of alkyl halides is 3. The van der Waals surface area contributed by atoms with Gasteiger partial charge in [-0.2, -0.15) is 18.3 Å². The molecule has 150 valence electrons. The molecule has 0 aliphatic carbocycles. The molecule has 0 spiro atoms. The van der Waals surface area contributed by atoms with Gasteiger partial charge in [-0.1, -0.05) is 13.8 Å². The van der Waals surface area contributed by atoms with Gasteiger partial charge in [-0.25, -0.2) is 9.67 Å². The summed E-state index contributed by atoms with van der Waals surface area (Å²) >= 11 is 0. The number of hydrogen-bond acceptors (Lipinski definition) is 3. The predicted molar refractivity (Wildman–Crippen MR) is 99.0 cm³/mol. The highest BCUT2D eigenvalue weighted by Gasteiger charge is 2.30. The van der Waals surface area contributed by atoms with Crippen LogP contribution in [0.1, 0.15) is 68.7 Å². The third-order valence-corrected chi connectivity index (χ3v) is 4.37. The summed E-state index contributed by atoms with van der Waals surface area (Å²) in [5.41, 5.74) is 1.92. The number of carbonyl (C=O) groups is 1. The average Bonchev–Trinajstić information content (AvgIpc) is 2.87. The van der Waals surface area contributed by atoms with E-state index in [0.29, 0.717) is 28.0 Å². The van der Waals surface area contributed by atoms with Crippen molar-refractivity contribution < 1.29 is 18.0 Å². The predicted octanol–water partition coefficient (Wildman–Crippen LogP) is 4.64. The van der Waals surface area contributed by atoms with Gasteiger partial charge in [-0.15, -0.1) is 0 Å². The molecule has 2 rings (SSSR count). The SMILES string of the molecule is Cc1nn(C(C)(C)C)c2nc(C(C)C)cc(C(=O)N(C)CCC(F)(F)F)c12. The highest BCUT2D eigenvalue weighted by molar-refractivity contribution is 6.06. The number of carbonyl (C=O) groups excluding carboxylic acids is 1. The minimum atomic E-state index is -4.31. The molecule has 8 heteroatoms. The maximum absolute atomic E-state index is 13.0. The molecular formula is C19H27F3N4O. The first kappa shape index (κ1) is 21.2. The third-order valence-electron chi connectivity index (χ3n) is 4.37. The van der Waals surface area contributed by atoms with Crippen molar-refractivity contribution in [3.05, 3.63) is 23.0 Å². The van der Waals surface area contributed by atoms with Crippen LogP contribution in [0, 0.1) is 6.92 Å². The Bertz CT molecular complexity index is 847. The fourth-order valence-electron chi connectivity index (χ4n) is 2.84. The van der Waals surface area contributed by atoms with E-state index in [9.17, 15) is 18.0 Å². The fraction of sp³-hybridized carbons (Fsp3) is 0.632. The van der Waals surface area contributed by atoms with Crippen LogP contribution in [0.4, 0.5) is 13.2 Å². The van der Waals surface area contributed by atoms with Crippen molar-refractivity contribution in [2.75, 3.05) is 13.6 Å². The Morgan fingerprint density at radius 2 is 1.85 bits per heavy atom. The quantitative estimate of drug-likeness (QED) is 0.771. The number of rotatable bonds is 4. The number of amides is 1. The van der Waals surface area contributed by atoms with E-state index in [-0.39, 0.29) is 11.5 Å². The van der Waals surface area contributed by atoms with Crippen LogP contribution < -0.4 is 0 Å². The summed E-state index contributed by atoms with van der Waals surface area (Å²) in [6.45, 7) is 11.3. The van der Waals surface area contributed by atoms with Gasteiger partial charge in [0.05, 0.1) is 28.6 Å². The minimum Gasteiger partial charge on any atom is -0.341 e. The van der Waals surface area contributed by atoms with E-state index in [1.165, 1.54) is 7.05 Å². The standard InChI is InChI=1S/C19H27F3N4O/c1-11(2)14-10-13(17(27)25(7)9-8-19(20,21)22)15-12(3)24-26(16(15)23-14)18(4,5)6/h10-11H,8-9H2,1-7H3. The Balaban J connectivity index is 2.61. The van der Waals surface area contributed by atoms with Crippen LogP contribution in [-0.4, -0.2) is 45.3 Å². The van der Waals surface area contributed by atoms with Gasteiger partial charge in [-0.05, 0) is 39.7 Å². The van der Waals surface area contributed by atoms with Gasteiger partial charge in [0, 0.05) is 19.3 Å². The zero-order chi connectivity index (χ0) is 20.7. The van der Waals surface area contributed by atoms with Crippen molar-refractivity contribution in [3.63, 3.8) is 0 Å². The molecule has 0 bridgehead atoms. The summed E-state index contributed by atoms with van der Waals surface area (Å²) in [6, 6.07) is 1.68. The zero-order valence-corrected chi connectivity index (χ0v) is 16.9. The highest BCUT2D eigenvalue weighted by atomic mass is 19.4. The molecule has 0 aliphatic rings. The van der Waals surface area contributed by atoms with Crippen molar-refractivity contribution in [2.45, 2.75) is 65.6 Å². The molecule has 0 atom stereocenters. The molecule has 0 saturated carbocycles. The summed E-state index contributed by atoms with van der Waals surface area (Å²) in [4.78, 5) is 18.8. The molecule has 1 amide bonds. The van der Waals surface area contributed by atoms with Crippen molar-refractivity contribution >= 4 is 16.9 Å². The zero-order valence-electron chi connectivity index (χ0n) is 16.9. The molecular weight excluding hydrogens is 357 g/mol. The smallest absolute Gasteiger partial charge is 0.341 e. The Kier molecular flexibility index (Phi) is 5.59. The van der Waals surface area contributed by atoms with E-state index in [4.69, 9.17) is 4.98 Å². The van der Waals surface area contributed by atoms with Crippen LogP contribution >= 0.6 is 0 Å². The number of pyridine rings is 1. The van der Waals surface area contributed by atoms with Crippen molar-refractivity contribution in [3.8, 4) is 0 Å². The molecule has 27 heavy (non-hydrogen) atoms. The Hall–Kier alpha value is -2.12. The third kappa shape index (κ3) is 4.59. The molecule has 0 saturated heterocycles. The lowest BCUT2D eigenvalue weighted by atomic mass is 10.0. The molecule has 2 aromatic heterocycles. The minimum absolute atomic E-state index is 0.0602. The second-order valence-corrected chi connectivity index (χ2v) is 8.21. The summed E-state index contributed by atoms with van der Waals surface area (Å²) in [6.07, 6.45) is -5.35. The average molecular weight is 384 g/mol. The number of halogens is 3. The number of aryl methyl sites for hydroxylation is 1. The first-order valence-electron chi connectivity index (χ1n) is 8.95. The molecule has 2 aromatic rings. The number of fused-ring (bicyclic) bond motifs is 1. The first-order chi connectivity index (χ1) is 12.2. The van der Waals surface area contributed by atoms with Crippen LogP contribution in [-0.2, 0) is 5.54 Å². The molecule has 0 aromatic carbocycles. The van der Waals surface area contributed by atoms with E-state index in [0.717, 1.165) is 4.90 Å². The number of nitrogens with zero attached hydrogens (tertiary/aromatic N) is 4. The molecule has 0 fully saturated rings.